The van der Waals surface area contributed by atoms with Gasteiger partial charge in [-0.05, 0) is 37.1 Å². The highest BCUT2D eigenvalue weighted by atomic mass is 32.2. The van der Waals surface area contributed by atoms with Crippen LogP contribution in [0.1, 0.15) is 25.7 Å². The number of nitrogens with zero attached hydrogens (tertiary/aromatic N) is 1. The molecular formula is C12H18N2S. The number of anilines is 1. The van der Waals surface area contributed by atoms with Crippen LogP contribution in [-0.4, -0.2) is 10.7 Å². The van der Waals surface area contributed by atoms with E-state index in [1.165, 1.54) is 19.3 Å². The van der Waals surface area contributed by atoms with Crippen molar-refractivity contribution >= 4 is 17.4 Å². The van der Waals surface area contributed by atoms with Crippen LogP contribution in [0.5, 0.6) is 0 Å². The molecular weight excluding hydrogens is 204 g/mol. The third-order valence-electron chi connectivity index (χ3n) is 2.06. The summed E-state index contributed by atoms with van der Waals surface area (Å²) in [6.45, 7) is 3.71. The highest BCUT2D eigenvalue weighted by Gasteiger charge is 1.95. The zero-order valence-electron chi connectivity index (χ0n) is 8.98. The molecule has 2 N–H and O–H groups in total. The second kappa shape index (κ2) is 7.35. The van der Waals surface area contributed by atoms with Gasteiger partial charge in [-0.1, -0.05) is 12.5 Å². The van der Waals surface area contributed by atoms with E-state index in [0.29, 0.717) is 0 Å². The summed E-state index contributed by atoms with van der Waals surface area (Å²) in [5, 5.41) is 1.06. The van der Waals surface area contributed by atoms with E-state index in [1.54, 1.807) is 18.0 Å². The Balaban J connectivity index is 2.09. The fraction of sp³-hybridized carbons (Fsp3) is 0.417. The van der Waals surface area contributed by atoms with Gasteiger partial charge in [0.1, 0.15) is 0 Å². The van der Waals surface area contributed by atoms with Crippen molar-refractivity contribution in [3.63, 3.8) is 0 Å². The molecule has 0 fully saturated rings. The molecule has 0 saturated heterocycles. The van der Waals surface area contributed by atoms with Crippen LogP contribution in [0.2, 0.25) is 0 Å². The van der Waals surface area contributed by atoms with E-state index >= 15 is 0 Å². The van der Waals surface area contributed by atoms with E-state index in [9.17, 15) is 0 Å². The lowest BCUT2D eigenvalue weighted by molar-refractivity contribution is 0.735. The Morgan fingerprint density at radius 1 is 1.33 bits per heavy atom. The molecule has 3 heteroatoms. The molecule has 0 atom stereocenters. The zero-order valence-corrected chi connectivity index (χ0v) is 9.80. The molecule has 1 heterocycles. The van der Waals surface area contributed by atoms with Gasteiger partial charge in [0.15, 0.2) is 0 Å². The molecule has 15 heavy (non-hydrogen) atoms. The highest BCUT2D eigenvalue weighted by molar-refractivity contribution is 7.99. The maximum atomic E-state index is 5.56. The summed E-state index contributed by atoms with van der Waals surface area (Å²) in [5.74, 6) is 1.13. The Morgan fingerprint density at radius 2 is 2.20 bits per heavy atom. The number of allylic oxidation sites excluding steroid dienone is 1. The molecule has 0 unspecified atom stereocenters. The van der Waals surface area contributed by atoms with E-state index in [4.69, 9.17) is 5.73 Å². The van der Waals surface area contributed by atoms with Crippen molar-refractivity contribution in [3.05, 3.63) is 31.0 Å². The number of hydrogen-bond donors (Lipinski definition) is 1. The van der Waals surface area contributed by atoms with Gasteiger partial charge >= 0.3 is 0 Å². The summed E-state index contributed by atoms with van der Waals surface area (Å²) in [6, 6.07) is 3.87. The molecule has 0 saturated carbocycles. The minimum absolute atomic E-state index is 0.727. The predicted molar refractivity (Wildman–Crippen MR) is 68.0 cm³/mol. The topological polar surface area (TPSA) is 38.9 Å². The molecule has 0 aliphatic heterocycles. The number of aromatic nitrogens is 1. The Bertz CT molecular complexity index is 282. The molecule has 0 radical (unpaired) electrons. The molecule has 0 spiro atoms. The summed E-state index contributed by atoms with van der Waals surface area (Å²) in [6.07, 6.45) is 8.58. The SMILES string of the molecule is C=CCCCCCSc1ccc(N)cn1. The molecule has 1 aromatic rings. The molecule has 82 valence electrons. The fourth-order valence-electron chi connectivity index (χ4n) is 1.22. The first kappa shape index (κ1) is 12.1. The first-order valence-corrected chi connectivity index (χ1v) is 6.26. The Hall–Kier alpha value is -0.960. The summed E-state index contributed by atoms with van der Waals surface area (Å²) in [4.78, 5) is 4.23. The second-order valence-electron chi connectivity index (χ2n) is 3.42. The van der Waals surface area contributed by atoms with Crippen molar-refractivity contribution in [1.29, 1.82) is 0 Å². The molecule has 0 aromatic carbocycles. The molecule has 0 aliphatic rings. The van der Waals surface area contributed by atoms with Crippen LogP contribution in [0.3, 0.4) is 0 Å². The first-order chi connectivity index (χ1) is 7.33. The smallest absolute Gasteiger partial charge is 0.0961 e. The lowest BCUT2D eigenvalue weighted by Gasteiger charge is -2.00. The van der Waals surface area contributed by atoms with Crippen LogP contribution >= 0.6 is 11.8 Å². The van der Waals surface area contributed by atoms with E-state index in [-0.39, 0.29) is 0 Å². The van der Waals surface area contributed by atoms with Crippen LogP contribution < -0.4 is 5.73 Å². The molecule has 0 bridgehead atoms. The Morgan fingerprint density at radius 3 is 2.87 bits per heavy atom. The van der Waals surface area contributed by atoms with Gasteiger partial charge in [0.25, 0.3) is 0 Å². The predicted octanol–water partition coefficient (Wildman–Crippen LogP) is 3.50. The Labute approximate surface area is 96.0 Å². The second-order valence-corrected chi connectivity index (χ2v) is 4.53. The fourth-order valence-corrected chi connectivity index (χ4v) is 2.07. The van der Waals surface area contributed by atoms with Crippen LogP contribution in [0, 0.1) is 0 Å². The number of hydrogen-bond acceptors (Lipinski definition) is 3. The van der Waals surface area contributed by atoms with Crippen molar-refractivity contribution in [2.45, 2.75) is 30.7 Å². The largest absolute Gasteiger partial charge is 0.397 e. The van der Waals surface area contributed by atoms with E-state index < -0.39 is 0 Å². The third kappa shape index (κ3) is 5.47. The monoisotopic (exact) mass is 222 g/mol. The quantitative estimate of drug-likeness (QED) is 0.436. The van der Waals surface area contributed by atoms with Crippen LogP contribution in [0.25, 0.3) is 0 Å². The number of pyridine rings is 1. The normalized spacial score (nSPS) is 10.1. The van der Waals surface area contributed by atoms with Crippen LogP contribution in [0.15, 0.2) is 36.0 Å². The minimum atomic E-state index is 0.727. The van der Waals surface area contributed by atoms with Gasteiger partial charge in [0.05, 0.1) is 16.9 Å². The minimum Gasteiger partial charge on any atom is -0.397 e. The number of unbranched alkanes of at least 4 members (excludes halogenated alkanes) is 3. The lowest BCUT2D eigenvalue weighted by Crippen LogP contribution is -1.88. The maximum absolute atomic E-state index is 5.56. The molecule has 1 rings (SSSR count). The average molecular weight is 222 g/mol. The summed E-state index contributed by atoms with van der Waals surface area (Å²) >= 11 is 1.79. The molecule has 0 aliphatic carbocycles. The number of nitrogen functional groups attached to an aromatic ring is 1. The summed E-state index contributed by atoms with van der Waals surface area (Å²) in [5.41, 5.74) is 6.28. The number of nitrogens with two attached hydrogens (primary N) is 1. The number of thioether (sulfide) groups is 1. The van der Waals surface area contributed by atoms with Crippen molar-refractivity contribution < 1.29 is 0 Å². The lowest BCUT2D eigenvalue weighted by atomic mass is 10.2. The number of rotatable bonds is 7. The van der Waals surface area contributed by atoms with Gasteiger partial charge in [0.2, 0.25) is 0 Å². The van der Waals surface area contributed by atoms with Gasteiger partial charge in [0, 0.05) is 0 Å². The van der Waals surface area contributed by atoms with E-state index in [1.807, 2.05) is 18.2 Å². The maximum Gasteiger partial charge on any atom is 0.0961 e. The van der Waals surface area contributed by atoms with Gasteiger partial charge < -0.3 is 5.73 Å². The average Bonchev–Trinajstić information content (AvgIpc) is 2.26. The zero-order chi connectivity index (χ0) is 10.9. The van der Waals surface area contributed by atoms with Crippen LogP contribution in [0.4, 0.5) is 5.69 Å². The van der Waals surface area contributed by atoms with E-state index in [0.717, 1.165) is 22.9 Å². The summed E-state index contributed by atoms with van der Waals surface area (Å²) in [7, 11) is 0. The summed E-state index contributed by atoms with van der Waals surface area (Å²) < 4.78 is 0. The van der Waals surface area contributed by atoms with Crippen molar-refractivity contribution in [2.24, 2.45) is 0 Å². The third-order valence-corrected chi connectivity index (χ3v) is 3.09. The van der Waals surface area contributed by atoms with Gasteiger partial charge in [-0.25, -0.2) is 4.98 Å². The molecule has 0 amide bonds. The Kier molecular flexibility index (Phi) is 5.93. The van der Waals surface area contributed by atoms with Crippen molar-refractivity contribution in [1.82, 2.24) is 4.98 Å². The standard InChI is InChI=1S/C12H18N2S/c1-2-3-4-5-6-9-15-12-8-7-11(13)10-14-12/h2,7-8,10H,1,3-6,9,13H2. The van der Waals surface area contributed by atoms with Gasteiger partial charge in [-0.15, -0.1) is 18.3 Å². The first-order valence-electron chi connectivity index (χ1n) is 5.28. The highest BCUT2D eigenvalue weighted by Crippen LogP contribution is 2.18. The molecule has 2 nitrogen and oxygen atoms in total. The van der Waals surface area contributed by atoms with Crippen molar-refractivity contribution in [2.75, 3.05) is 11.5 Å². The van der Waals surface area contributed by atoms with Gasteiger partial charge in [-0.3, -0.25) is 0 Å². The van der Waals surface area contributed by atoms with Crippen molar-refractivity contribution in [3.8, 4) is 0 Å². The van der Waals surface area contributed by atoms with Crippen LogP contribution in [-0.2, 0) is 0 Å². The van der Waals surface area contributed by atoms with E-state index in [2.05, 4.69) is 11.6 Å². The van der Waals surface area contributed by atoms with Gasteiger partial charge in [-0.2, -0.15) is 0 Å². The molecule has 1 aromatic heterocycles.